The van der Waals surface area contributed by atoms with Gasteiger partial charge < -0.3 is 5.11 Å². The van der Waals surface area contributed by atoms with Gasteiger partial charge in [0, 0.05) is 4.47 Å². The fourth-order valence-corrected chi connectivity index (χ4v) is 3.44. The van der Waals surface area contributed by atoms with Crippen LogP contribution in [0.4, 0.5) is 5.69 Å². The molecule has 0 amide bonds. The summed E-state index contributed by atoms with van der Waals surface area (Å²) < 4.78 is 26.9. The molecule has 0 aromatic heterocycles. The highest BCUT2D eigenvalue weighted by Gasteiger charge is 2.26. The molecule has 7 heteroatoms. The second kappa shape index (κ2) is 6.28. The van der Waals surface area contributed by atoms with E-state index in [1.54, 1.807) is 42.5 Å². The van der Waals surface area contributed by atoms with Crippen molar-refractivity contribution in [2.75, 3.05) is 10.8 Å². The van der Waals surface area contributed by atoms with Crippen molar-refractivity contribution in [1.29, 1.82) is 0 Å². The molecular weight excluding hydrogens is 358 g/mol. The molecule has 21 heavy (non-hydrogen) atoms. The van der Waals surface area contributed by atoms with E-state index in [1.165, 1.54) is 12.1 Å². The number of benzene rings is 2. The lowest BCUT2D eigenvalue weighted by molar-refractivity contribution is -0.135. The van der Waals surface area contributed by atoms with Gasteiger partial charge in [-0.05, 0) is 36.4 Å². The minimum Gasteiger partial charge on any atom is -0.480 e. The Kier molecular flexibility index (Phi) is 4.64. The third-order valence-corrected chi connectivity index (χ3v) is 5.04. The number of hydrogen-bond acceptors (Lipinski definition) is 3. The first-order valence-corrected chi connectivity index (χ1v) is 8.20. The van der Waals surface area contributed by atoms with E-state index in [9.17, 15) is 13.2 Å². The van der Waals surface area contributed by atoms with Crippen molar-refractivity contribution in [3.63, 3.8) is 0 Å². The van der Waals surface area contributed by atoms with E-state index in [4.69, 9.17) is 5.11 Å². The van der Waals surface area contributed by atoms with E-state index >= 15 is 0 Å². The van der Waals surface area contributed by atoms with Gasteiger partial charge >= 0.3 is 5.97 Å². The van der Waals surface area contributed by atoms with Gasteiger partial charge in [0.2, 0.25) is 0 Å². The first-order valence-electron chi connectivity index (χ1n) is 5.96. The zero-order valence-corrected chi connectivity index (χ0v) is 13.2. The predicted molar refractivity (Wildman–Crippen MR) is 82.8 cm³/mol. The van der Waals surface area contributed by atoms with Crippen molar-refractivity contribution in [3.8, 4) is 0 Å². The SMILES string of the molecule is O=C(O)CN(c1ccccc1)S(=O)(=O)c1ccc(Br)cc1. The van der Waals surface area contributed by atoms with Crippen LogP contribution in [0.25, 0.3) is 0 Å². The largest absolute Gasteiger partial charge is 0.480 e. The number of para-hydroxylation sites is 1. The molecule has 2 aromatic rings. The van der Waals surface area contributed by atoms with Crippen molar-refractivity contribution in [2.45, 2.75) is 4.90 Å². The van der Waals surface area contributed by atoms with Crippen molar-refractivity contribution < 1.29 is 18.3 Å². The summed E-state index contributed by atoms with van der Waals surface area (Å²) in [7, 11) is -3.93. The number of aliphatic carboxylic acids is 1. The zero-order chi connectivity index (χ0) is 15.5. The number of nitrogens with zero attached hydrogens (tertiary/aromatic N) is 1. The molecule has 0 heterocycles. The Bertz CT molecular complexity index is 729. The third-order valence-electron chi connectivity index (χ3n) is 2.72. The van der Waals surface area contributed by atoms with Crippen molar-refractivity contribution >= 4 is 37.6 Å². The normalized spacial score (nSPS) is 11.1. The summed E-state index contributed by atoms with van der Waals surface area (Å²) in [6.07, 6.45) is 0. The molecule has 2 aromatic carbocycles. The van der Waals surface area contributed by atoms with E-state index in [0.717, 1.165) is 8.78 Å². The predicted octanol–water partition coefficient (Wildman–Crippen LogP) is 2.73. The van der Waals surface area contributed by atoms with Crippen LogP contribution in [0.15, 0.2) is 64.0 Å². The Hall–Kier alpha value is -1.86. The molecular formula is C14H12BrNO4S. The van der Waals surface area contributed by atoms with Crippen molar-refractivity contribution in [2.24, 2.45) is 0 Å². The molecule has 0 spiro atoms. The summed E-state index contributed by atoms with van der Waals surface area (Å²) in [5.74, 6) is -1.22. The first-order chi connectivity index (χ1) is 9.91. The minimum atomic E-state index is -3.93. The van der Waals surface area contributed by atoms with Crippen LogP contribution in [0.5, 0.6) is 0 Å². The zero-order valence-electron chi connectivity index (χ0n) is 10.8. The molecule has 0 bridgehead atoms. The van der Waals surface area contributed by atoms with Crippen LogP contribution >= 0.6 is 15.9 Å². The molecule has 0 radical (unpaired) electrons. The quantitative estimate of drug-likeness (QED) is 0.878. The fraction of sp³-hybridized carbons (Fsp3) is 0.0714. The molecule has 0 aliphatic heterocycles. The highest BCUT2D eigenvalue weighted by atomic mass is 79.9. The third kappa shape index (κ3) is 3.62. The maximum atomic E-state index is 12.6. The molecule has 110 valence electrons. The van der Waals surface area contributed by atoms with Gasteiger partial charge in [0.05, 0.1) is 10.6 Å². The van der Waals surface area contributed by atoms with Gasteiger partial charge in [-0.25, -0.2) is 8.42 Å². The molecule has 0 saturated carbocycles. The molecule has 0 unspecified atom stereocenters. The van der Waals surface area contributed by atoms with Crippen LogP contribution in [-0.2, 0) is 14.8 Å². The number of hydrogen-bond donors (Lipinski definition) is 1. The lowest BCUT2D eigenvalue weighted by Crippen LogP contribution is -2.35. The number of anilines is 1. The maximum absolute atomic E-state index is 12.6. The average Bonchev–Trinajstić information content (AvgIpc) is 2.46. The molecule has 5 nitrogen and oxygen atoms in total. The van der Waals surface area contributed by atoms with Crippen LogP contribution < -0.4 is 4.31 Å². The Morgan fingerprint density at radius 1 is 1.05 bits per heavy atom. The second-order valence-corrected chi connectivity index (χ2v) is 6.97. The Labute approximate surface area is 131 Å². The maximum Gasteiger partial charge on any atom is 0.324 e. The van der Waals surface area contributed by atoms with Gasteiger partial charge in [-0.2, -0.15) is 0 Å². The average molecular weight is 370 g/mol. The number of carbonyl (C=O) groups is 1. The Balaban J connectivity index is 2.49. The molecule has 2 rings (SSSR count). The van der Waals surface area contributed by atoms with Crippen LogP contribution in [0.3, 0.4) is 0 Å². The second-order valence-electron chi connectivity index (χ2n) is 4.19. The van der Waals surface area contributed by atoms with E-state index < -0.39 is 22.5 Å². The highest BCUT2D eigenvalue weighted by molar-refractivity contribution is 9.10. The van der Waals surface area contributed by atoms with Crippen LogP contribution in [0.2, 0.25) is 0 Å². The summed E-state index contributed by atoms with van der Waals surface area (Å²) in [4.78, 5) is 11.0. The first kappa shape index (κ1) is 15.5. The monoisotopic (exact) mass is 369 g/mol. The fourth-order valence-electron chi connectivity index (χ4n) is 1.77. The van der Waals surface area contributed by atoms with Gasteiger partial charge in [-0.15, -0.1) is 0 Å². The van der Waals surface area contributed by atoms with Gasteiger partial charge in [0.1, 0.15) is 6.54 Å². The Morgan fingerprint density at radius 3 is 2.14 bits per heavy atom. The molecule has 0 saturated heterocycles. The van der Waals surface area contributed by atoms with Gasteiger partial charge in [-0.1, -0.05) is 34.1 Å². The highest BCUT2D eigenvalue weighted by Crippen LogP contribution is 2.24. The molecule has 0 fully saturated rings. The van der Waals surface area contributed by atoms with Gasteiger partial charge in [0.25, 0.3) is 10.0 Å². The summed E-state index contributed by atoms with van der Waals surface area (Å²) in [6.45, 7) is -0.636. The number of carboxylic acids is 1. The van der Waals surface area contributed by atoms with Crippen LogP contribution in [0, 0.1) is 0 Å². The number of carboxylic acid groups (broad SMARTS) is 1. The van der Waals surface area contributed by atoms with Crippen molar-refractivity contribution in [1.82, 2.24) is 0 Å². The van der Waals surface area contributed by atoms with Gasteiger partial charge in [0.15, 0.2) is 0 Å². The molecule has 0 aliphatic rings. The summed E-state index contributed by atoms with van der Waals surface area (Å²) in [5.41, 5.74) is 0.308. The number of rotatable bonds is 5. The standard InChI is InChI=1S/C14H12BrNO4S/c15-11-6-8-13(9-7-11)21(19,20)16(10-14(17)18)12-4-2-1-3-5-12/h1-9H,10H2,(H,17,18). The van der Waals surface area contributed by atoms with Crippen LogP contribution in [-0.4, -0.2) is 26.0 Å². The van der Waals surface area contributed by atoms with E-state index in [2.05, 4.69) is 15.9 Å². The summed E-state index contributed by atoms with van der Waals surface area (Å²) >= 11 is 3.23. The van der Waals surface area contributed by atoms with Crippen LogP contribution in [0.1, 0.15) is 0 Å². The molecule has 0 aliphatic carbocycles. The summed E-state index contributed by atoms with van der Waals surface area (Å²) in [5, 5.41) is 8.99. The number of halogens is 1. The molecule has 0 atom stereocenters. The number of sulfonamides is 1. The van der Waals surface area contributed by atoms with Gasteiger partial charge in [-0.3, -0.25) is 9.10 Å². The van der Waals surface area contributed by atoms with Crippen molar-refractivity contribution in [3.05, 3.63) is 59.1 Å². The summed E-state index contributed by atoms with van der Waals surface area (Å²) in [6, 6.07) is 14.2. The minimum absolute atomic E-state index is 0.0378. The van der Waals surface area contributed by atoms with E-state index in [-0.39, 0.29) is 4.90 Å². The van der Waals surface area contributed by atoms with E-state index in [1.807, 2.05) is 0 Å². The van der Waals surface area contributed by atoms with E-state index in [0.29, 0.717) is 5.69 Å². The lowest BCUT2D eigenvalue weighted by Gasteiger charge is -2.22. The lowest BCUT2D eigenvalue weighted by atomic mass is 10.3. The Morgan fingerprint density at radius 2 is 1.62 bits per heavy atom. The topological polar surface area (TPSA) is 74.7 Å². The molecule has 1 N–H and O–H groups in total. The smallest absolute Gasteiger partial charge is 0.324 e.